The number of hydrogen-bond donors (Lipinski definition) is 1. The molecule has 0 unspecified atom stereocenters. The Kier molecular flexibility index (Phi) is 4.61. The van der Waals surface area contributed by atoms with Gasteiger partial charge >= 0.3 is 5.97 Å². The number of hydrogen-bond acceptors (Lipinski definition) is 5. The van der Waals surface area contributed by atoms with Gasteiger partial charge in [-0.05, 0) is 40.2 Å². The minimum atomic E-state index is -0.537. The fourth-order valence-electron chi connectivity index (χ4n) is 1.49. The van der Waals surface area contributed by atoms with Gasteiger partial charge in [-0.3, -0.25) is 0 Å². The van der Waals surface area contributed by atoms with E-state index < -0.39 is 5.97 Å². The largest absolute Gasteiger partial charge is 0.465 e. The quantitative estimate of drug-likeness (QED) is 0.792. The van der Waals surface area contributed by atoms with Crippen molar-refractivity contribution >= 4 is 43.5 Å². The number of nitrogens with zero attached hydrogens (tertiary/aromatic N) is 1. The highest BCUT2D eigenvalue weighted by Crippen LogP contribution is 2.34. The van der Waals surface area contributed by atoms with Gasteiger partial charge in [0.05, 0.1) is 17.1 Å². The van der Waals surface area contributed by atoms with Crippen LogP contribution in [0.1, 0.15) is 10.4 Å². The SMILES string of the molecule is COC(=O)c1ccnc(Oc2ccc(Br)cc2Br)c1N. The van der Waals surface area contributed by atoms with Crippen molar-refractivity contribution in [3.05, 3.63) is 45.0 Å². The highest BCUT2D eigenvalue weighted by atomic mass is 79.9. The topological polar surface area (TPSA) is 74.4 Å². The molecule has 0 aliphatic carbocycles. The van der Waals surface area contributed by atoms with Gasteiger partial charge < -0.3 is 15.2 Å². The molecule has 1 aromatic heterocycles. The number of rotatable bonds is 3. The van der Waals surface area contributed by atoms with Crippen LogP contribution >= 0.6 is 31.9 Å². The van der Waals surface area contributed by atoms with Crippen molar-refractivity contribution in [3.8, 4) is 11.6 Å². The molecular weight excluding hydrogens is 392 g/mol. The number of nitrogen functional groups attached to an aromatic ring is 1. The monoisotopic (exact) mass is 400 g/mol. The fourth-order valence-corrected chi connectivity index (χ4v) is 2.61. The maximum Gasteiger partial charge on any atom is 0.340 e. The summed E-state index contributed by atoms with van der Waals surface area (Å²) in [6.07, 6.45) is 1.44. The standard InChI is InChI=1S/C13H10Br2N2O3/c1-19-13(18)8-4-5-17-12(11(8)16)20-10-3-2-7(14)6-9(10)15/h2-6H,16H2,1H3. The Morgan fingerprint density at radius 1 is 1.30 bits per heavy atom. The second kappa shape index (κ2) is 6.23. The molecule has 0 fully saturated rings. The Hall–Kier alpha value is -1.60. The van der Waals surface area contributed by atoms with E-state index in [4.69, 9.17) is 10.5 Å². The number of esters is 1. The molecule has 2 N–H and O–H groups in total. The molecule has 1 heterocycles. The molecular formula is C13H10Br2N2O3. The average molecular weight is 402 g/mol. The Morgan fingerprint density at radius 3 is 2.70 bits per heavy atom. The normalized spacial score (nSPS) is 10.2. The Labute approximate surface area is 132 Å². The van der Waals surface area contributed by atoms with Gasteiger partial charge in [-0.25, -0.2) is 9.78 Å². The zero-order valence-electron chi connectivity index (χ0n) is 10.4. The van der Waals surface area contributed by atoms with Crippen molar-refractivity contribution in [2.45, 2.75) is 0 Å². The zero-order valence-corrected chi connectivity index (χ0v) is 13.6. The van der Waals surface area contributed by atoms with Crippen molar-refractivity contribution in [1.29, 1.82) is 0 Å². The number of carbonyl (C=O) groups excluding carboxylic acids is 1. The van der Waals surface area contributed by atoms with Crippen molar-refractivity contribution in [1.82, 2.24) is 4.98 Å². The van der Waals surface area contributed by atoms with Crippen LogP contribution in [0.3, 0.4) is 0 Å². The number of anilines is 1. The van der Waals surface area contributed by atoms with E-state index >= 15 is 0 Å². The van der Waals surface area contributed by atoms with E-state index in [2.05, 4.69) is 41.6 Å². The Morgan fingerprint density at radius 2 is 2.05 bits per heavy atom. The van der Waals surface area contributed by atoms with E-state index in [-0.39, 0.29) is 17.1 Å². The van der Waals surface area contributed by atoms with Gasteiger partial charge in [-0.2, -0.15) is 0 Å². The summed E-state index contributed by atoms with van der Waals surface area (Å²) in [5.74, 6) is 0.148. The lowest BCUT2D eigenvalue weighted by Crippen LogP contribution is -2.07. The summed E-state index contributed by atoms with van der Waals surface area (Å²) in [7, 11) is 1.29. The average Bonchev–Trinajstić information content (AvgIpc) is 2.43. The van der Waals surface area contributed by atoms with Gasteiger partial charge in [0.1, 0.15) is 11.4 Å². The second-order valence-corrected chi connectivity index (χ2v) is 5.52. The van der Waals surface area contributed by atoms with Gasteiger partial charge in [-0.15, -0.1) is 0 Å². The van der Waals surface area contributed by atoms with Crippen LogP contribution in [0, 0.1) is 0 Å². The summed E-state index contributed by atoms with van der Waals surface area (Å²) in [6, 6.07) is 6.88. The van der Waals surface area contributed by atoms with Crippen molar-refractivity contribution in [2.75, 3.05) is 12.8 Å². The molecule has 7 heteroatoms. The molecule has 0 saturated heterocycles. The van der Waals surface area contributed by atoms with Gasteiger partial charge in [0.2, 0.25) is 5.88 Å². The predicted molar refractivity (Wildman–Crippen MR) is 81.9 cm³/mol. The summed E-state index contributed by atoms with van der Waals surface area (Å²) >= 11 is 6.72. The molecule has 2 aromatic rings. The van der Waals surface area contributed by atoms with E-state index in [1.54, 1.807) is 6.07 Å². The summed E-state index contributed by atoms with van der Waals surface area (Å²) < 4.78 is 11.9. The number of ether oxygens (including phenoxy) is 2. The molecule has 0 radical (unpaired) electrons. The molecule has 0 atom stereocenters. The smallest absolute Gasteiger partial charge is 0.340 e. The zero-order chi connectivity index (χ0) is 14.7. The summed E-state index contributed by atoms with van der Waals surface area (Å²) in [6.45, 7) is 0. The first kappa shape index (κ1) is 14.8. The molecule has 5 nitrogen and oxygen atoms in total. The lowest BCUT2D eigenvalue weighted by Gasteiger charge is -2.11. The van der Waals surface area contributed by atoms with E-state index in [9.17, 15) is 4.79 Å². The van der Waals surface area contributed by atoms with Crippen molar-refractivity contribution in [3.63, 3.8) is 0 Å². The third-order valence-corrected chi connectivity index (χ3v) is 3.57. The number of halogens is 2. The lowest BCUT2D eigenvalue weighted by molar-refractivity contribution is 0.0601. The van der Waals surface area contributed by atoms with Gasteiger partial charge in [0.25, 0.3) is 0 Å². The van der Waals surface area contributed by atoms with E-state index in [0.29, 0.717) is 5.75 Å². The molecule has 0 spiro atoms. The van der Waals surface area contributed by atoms with Crippen molar-refractivity contribution < 1.29 is 14.3 Å². The van der Waals surface area contributed by atoms with Gasteiger partial charge in [-0.1, -0.05) is 15.9 Å². The summed E-state index contributed by atoms with van der Waals surface area (Å²) in [5.41, 5.74) is 6.22. The van der Waals surface area contributed by atoms with Crippen LogP contribution in [0.5, 0.6) is 11.6 Å². The van der Waals surface area contributed by atoms with Crippen LogP contribution in [-0.4, -0.2) is 18.1 Å². The van der Waals surface area contributed by atoms with Crippen LogP contribution < -0.4 is 10.5 Å². The highest BCUT2D eigenvalue weighted by Gasteiger charge is 2.16. The molecule has 0 aliphatic rings. The number of carbonyl (C=O) groups is 1. The molecule has 1 aromatic carbocycles. The minimum absolute atomic E-state index is 0.133. The first-order valence-electron chi connectivity index (χ1n) is 5.48. The van der Waals surface area contributed by atoms with Crippen LogP contribution in [0.4, 0.5) is 5.69 Å². The number of benzene rings is 1. The van der Waals surface area contributed by atoms with E-state index in [1.165, 1.54) is 19.4 Å². The molecule has 104 valence electrons. The van der Waals surface area contributed by atoms with Crippen LogP contribution in [0.25, 0.3) is 0 Å². The number of pyridine rings is 1. The lowest BCUT2D eigenvalue weighted by atomic mass is 10.2. The predicted octanol–water partition coefficient (Wildman–Crippen LogP) is 3.77. The third-order valence-electron chi connectivity index (χ3n) is 2.46. The number of methoxy groups -OCH3 is 1. The Balaban J connectivity index is 2.37. The highest BCUT2D eigenvalue weighted by molar-refractivity contribution is 9.11. The summed E-state index contributed by atoms with van der Waals surface area (Å²) in [4.78, 5) is 15.6. The van der Waals surface area contributed by atoms with Gasteiger partial charge in [0, 0.05) is 10.7 Å². The minimum Gasteiger partial charge on any atom is -0.465 e. The molecule has 20 heavy (non-hydrogen) atoms. The van der Waals surface area contributed by atoms with E-state index in [0.717, 1.165) is 8.95 Å². The molecule has 2 rings (SSSR count). The fraction of sp³-hybridized carbons (Fsp3) is 0.0769. The third kappa shape index (κ3) is 3.10. The van der Waals surface area contributed by atoms with Crippen LogP contribution in [0.15, 0.2) is 39.4 Å². The molecule has 0 saturated carbocycles. The summed E-state index contributed by atoms with van der Waals surface area (Å²) in [5, 5.41) is 0. The molecule has 0 aliphatic heterocycles. The maximum absolute atomic E-state index is 11.5. The molecule has 0 bridgehead atoms. The van der Waals surface area contributed by atoms with Crippen LogP contribution in [-0.2, 0) is 4.74 Å². The maximum atomic E-state index is 11.5. The van der Waals surface area contributed by atoms with Gasteiger partial charge in [0.15, 0.2) is 0 Å². The van der Waals surface area contributed by atoms with Crippen molar-refractivity contribution in [2.24, 2.45) is 0 Å². The first-order chi connectivity index (χ1) is 9.52. The van der Waals surface area contributed by atoms with Crippen LogP contribution in [0.2, 0.25) is 0 Å². The first-order valence-corrected chi connectivity index (χ1v) is 7.07. The number of aromatic nitrogens is 1. The number of nitrogens with two attached hydrogens (primary N) is 1. The van der Waals surface area contributed by atoms with E-state index in [1.807, 2.05) is 12.1 Å². The Bertz CT molecular complexity index is 662. The molecule has 0 amide bonds. The second-order valence-electron chi connectivity index (χ2n) is 3.75.